The van der Waals surface area contributed by atoms with Gasteiger partial charge in [0.25, 0.3) is 0 Å². The molecule has 0 aromatic rings. The van der Waals surface area contributed by atoms with Gasteiger partial charge in [-0.15, -0.1) is 0 Å². The molecule has 1 rings (SSSR count). The molecule has 1 amide bonds. The Hall–Kier alpha value is -1.10. The number of carbonyl (C=O) groups is 2. The molecular formula is C14H26N2O3. The van der Waals surface area contributed by atoms with Gasteiger partial charge in [-0.1, -0.05) is 13.3 Å². The number of nitrogens with one attached hydrogen (secondary N) is 1. The van der Waals surface area contributed by atoms with Crippen LogP contribution in [0.1, 0.15) is 46.5 Å². The fourth-order valence-corrected chi connectivity index (χ4v) is 2.68. The van der Waals surface area contributed by atoms with E-state index in [-0.39, 0.29) is 11.9 Å². The zero-order valence-electron chi connectivity index (χ0n) is 12.2. The van der Waals surface area contributed by atoms with Crippen molar-refractivity contribution in [1.82, 2.24) is 10.2 Å². The van der Waals surface area contributed by atoms with Crippen LogP contribution in [0, 0.1) is 5.41 Å². The van der Waals surface area contributed by atoms with Crippen LogP contribution >= 0.6 is 0 Å². The van der Waals surface area contributed by atoms with Crippen LogP contribution in [0.15, 0.2) is 0 Å². The van der Waals surface area contributed by atoms with Crippen LogP contribution in [0.3, 0.4) is 0 Å². The van der Waals surface area contributed by atoms with Crippen molar-refractivity contribution in [3.63, 3.8) is 0 Å². The molecule has 1 aliphatic heterocycles. The molecule has 1 aliphatic rings. The lowest BCUT2D eigenvalue weighted by molar-refractivity contribution is -0.151. The Labute approximate surface area is 115 Å². The first-order valence-corrected chi connectivity index (χ1v) is 7.12. The van der Waals surface area contributed by atoms with Gasteiger partial charge in [0, 0.05) is 12.6 Å². The number of carboxylic acid groups (broad SMARTS) is 1. The summed E-state index contributed by atoms with van der Waals surface area (Å²) in [5.41, 5.74) is -0.715. The molecule has 1 saturated heterocycles. The average Bonchev–Trinajstić information content (AvgIpc) is 2.28. The molecule has 2 unspecified atom stereocenters. The van der Waals surface area contributed by atoms with Gasteiger partial charge in [-0.3, -0.25) is 14.5 Å². The summed E-state index contributed by atoms with van der Waals surface area (Å²) in [7, 11) is 0. The van der Waals surface area contributed by atoms with Crippen molar-refractivity contribution < 1.29 is 14.7 Å². The molecule has 0 aliphatic carbocycles. The number of piperidine rings is 1. The molecule has 110 valence electrons. The number of likely N-dealkylation sites (tertiary alicyclic amines) is 1. The summed E-state index contributed by atoms with van der Waals surface area (Å²) >= 11 is 0. The number of rotatable bonds is 6. The van der Waals surface area contributed by atoms with E-state index in [1.165, 1.54) is 0 Å². The van der Waals surface area contributed by atoms with Crippen molar-refractivity contribution in [2.24, 2.45) is 5.41 Å². The fraction of sp³-hybridized carbons (Fsp3) is 0.857. The van der Waals surface area contributed by atoms with Crippen LogP contribution in [0.2, 0.25) is 0 Å². The van der Waals surface area contributed by atoms with Gasteiger partial charge < -0.3 is 10.4 Å². The number of carbonyl (C=O) groups excluding carboxylic acids is 1. The molecule has 1 fully saturated rings. The lowest BCUT2D eigenvalue weighted by Gasteiger charge is -2.37. The first-order valence-electron chi connectivity index (χ1n) is 7.12. The third kappa shape index (κ3) is 4.82. The SMILES string of the molecule is CCCC(C)NC(=O)CN1CCCC(C)(C(=O)O)C1. The van der Waals surface area contributed by atoms with Gasteiger partial charge in [-0.25, -0.2) is 0 Å². The highest BCUT2D eigenvalue weighted by Gasteiger charge is 2.38. The molecule has 0 radical (unpaired) electrons. The largest absolute Gasteiger partial charge is 0.481 e. The number of hydrogen-bond acceptors (Lipinski definition) is 3. The van der Waals surface area contributed by atoms with Gasteiger partial charge in [-0.05, 0) is 39.7 Å². The van der Waals surface area contributed by atoms with Crippen molar-refractivity contribution >= 4 is 11.9 Å². The minimum Gasteiger partial charge on any atom is -0.481 e. The second-order valence-corrected chi connectivity index (χ2v) is 5.94. The summed E-state index contributed by atoms with van der Waals surface area (Å²) in [4.78, 5) is 25.1. The lowest BCUT2D eigenvalue weighted by Crippen LogP contribution is -2.50. The van der Waals surface area contributed by atoms with E-state index in [9.17, 15) is 14.7 Å². The molecule has 1 heterocycles. The Kier molecular flexibility index (Phi) is 5.79. The van der Waals surface area contributed by atoms with E-state index in [1.807, 2.05) is 11.8 Å². The summed E-state index contributed by atoms with van der Waals surface area (Å²) in [6.07, 6.45) is 3.54. The van der Waals surface area contributed by atoms with Crippen molar-refractivity contribution in [3.8, 4) is 0 Å². The molecule has 5 nitrogen and oxygen atoms in total. The Morgan fingerprint density at radius 1 is 1.47 bits per heavy atom. The molecule has 0 aromatic carbocycles. The zero-order valence-corrected chi connectivity index (χ0v) is 12.2. The second kappa shape index (κ2) is 6.89. The first-order chi connectivity index (χ1) is 8.87. The normalized spacial score (nSPS) is 25.8. The molecular weight excluding hydrogens is 244 g/mol. The topological polar surface area (TPSA) is 69.6 Å². The van der Waals surface area contributed by atoms with E-state index in [2.05, 4.69) is 12.2 Å². The highest BCUT2D eigenvalue weighted by molar-refractivity contribution is 5.79. The number of aliphatic carboxylic acids is 1. The molecule has 2 atom stereocenters. The van der Waals surface area contributed by atoms with Crippen LogP contribution in [0.4, 0.5) is 0 Å². The Bertz CT molecular complexity index is 333. The molecule has 0 aromatic heterocycles. The number of carboxylic acids is 1. The van der Waals surface area contributed by atoms with E-state index in [4.69, 9.17) is 0 Å². The smallest absolute Gasteiger partial charge is 0.310 e. The van der Waals surface area contributed by atoms with Crippen molar-refractivity contribution in [2.45, 2.75) is 52.5 Å². The van der Waals surface area contributed by atoms with Gasteiger partial charge in [0.1, 0.15) is 0 Å². The van der Waals surface area contributed by atoms with Gasteiger partial charge >= 0.3 is 5.97 Å². The number of hydrogen-bond donors (Lipinski definition) is 2. The van der Waals surface area contributed by atoms with Crippen LogP contribution in [0.5, 0.6) is 0 Å². The molecule has 0 saturated carbocycles. The van der Waals surface area contributed by atoms with Crippen molar-refractivity contribution in [2.75, 3.05) is 19.6 Å². The van der Waals surface area contributed by atoms with E-state index in [0.717, 1.165) is 25.8 Å². The first kappa shape index (κ1) is 16.0. The third-order valence-corrected chi connectivity index (χ3v) is 3.79. The fourth-order valence-electron chi connectivity index (χ4n) is 2.68. The lowest BCUT2D eigenvalue weighted by atomic mass is 9.82. The molecule has 19 heavy (non-hydrogen) atoms. The van der Waals surface area contributed by atoms with Crippen LogP contribution in [-0.2, 0) is 9.59 Å². The summed E-state index contributed by atoms with van der Waals surface area (Å²) in [5.74, 6) is -0.771. The van der Waals surface area contributed by atoms with E-state index in [0.29, 0.717) is 19.5 Å². The predicted molar refractivity (Wildman–Crippen MR) is 73.9 cm³/mol. The average molecular weight is 270 g/mol. The standard InChI is InChI=1S/C14H26N2O3/c1-4-6-11(2)15-12(17)9-16-8-5-7-14(3,10-16)13(18)19/h11H,4-10H2,1-3H3,(H,15,17)(H,18,19). The minimum atomic E-state index is -0.767. The monoisotopic (exact) mass is 270 g/mol. The van der Waals surface area contributed by atoms with Gasteiger partial charge in [-0.2, -0.15) is 0 Å². The molecule has 2 N–H and O–H groups in total. The highest BCUT2D eigenvalue weighted by Crippen LogP contribution is 2.29. The molecule has 0 bridgehead atoms. The zero-order chi connectivity index (χ0) is 14.5. The summed E-state index contributed by atoms with van der Waals surface area (Å²) in [6.45, 7) is 7.41. The third-order valence-electron chi connectivity index (χ3n) is 3.79. The quantitative estimate of drug-likeness (QED) is 0.767. The summed E-state index contributed by atoms with van der Waals surface area (Å²) in [5, 5.41) is 12.2. The Morgan fingerprint density at radius 2 is 2.16 bits per heavy atom. The van der Waals surface area contributed by atoms with Gasteiger partial charge in [0.05, 0.1) is 12.0 Å². The maximum atomic E-state index is 11.9. The summed E-state index contributed by atoms with van der Waals surface area (Å²) in [6, 6.07) is 0.188. The second-order valence-electron chi connectivity index (χ2n) is 5.94. The Morgan fingerprint density at radius 3 is 2.74 bits per heavy atom. The van der Waals surface area contributed by atoms with E-state index >= 15 is 0 Å². The number of amides is 1. The van der Waals surface area contributed by atoms with E-state index < -0.39 is 11.4 Å². The molecule has 0 spiro atoms. The maximum Gasteiger partial charge on any atom is 0.310 e. The van der Waals surface area contributed by atoms with Crippen LogP contribution in [0.25, 0.3) is 0 Å². The summed E-state index contributed by atoms with van der Waals surface area (Å²) < 4.78 is 0. The van der Waals surface area contributed by atoms with Crippen LogP contribution in [-0.4, -0.2) is 47.6 Å². The highest BCUT2D eigenvalue weighted by atomic mass is 16.4. The van der Waals surface area contributed by atoms with Crippen LogP contribution < -0.4 is 5.32 Å². The number of nitrogens with zero attached hydrogens (tertiary/aromatic N) is 1. The van der Waals surface area contributed by atoms with Gasteiger partial charge in [0.2, 0.25) is 5.91 Å². The van der Waals surface area contributed by atoms with E-state index in [1.54, 1.807) is 6.92 Å². The maximum absolute atomic E-state index is 11.9. The molecule has 5 heteroatoms. The predicted octanol–water partition coefficient (Wildman–Crippen LogP) is 1.48. The Balaban J connectivity index is 2.44. The van der Waals surface area contributed by atoms with Crippen molar-refractivity contribution in [3.05, 3.63) is 0 Å². The van der Waals surface area contributed by atoms with Crippen molar-refractivity contribution in [1.29, 1.82) is 0 Å². The minimum absolute atomic E-state index is 0.00408. The van der Waals surface area contributed by atoms with Gasteiger partial charge in [0.15, 0.2) is 0 Å².